The number of thiophene rings is 1. The van der Waals surface area contributed by atoms with E-state index in [4.69, 9.17) is 0 Å². The molecule has 0 aliphatic heterocycles. The Morgan fingerprint density at radius 2 is 1.79 bits per heavy atom. The highest BCUT2D eigenvalue weighted by Crippen LogP contribution is 2.29. The maximum absolute atomic E-state index is 13.2. The van der Waals surface area contributed by atoms with Gasteiger partial charge in [-0.15, -0.1) is 11.3 Å². The Morgan fingerprint density at radius 3 is 2.59 bits per heavy atom. The molecule has 2 amide bonds. The van der Waals surface area contributed by atoms with Crippen LogP contribution in [0.2, 0.25) is 0 Å². The first-order valence-electron chi connectivity index (χ1n) is 9.97. The van der Waals surface area contributed by atoms with Crippen LogP contribution in [0.5, 0.6) is 0 Å². The molecule has 1 heterocycles. The number of carbonyl (C=O) groups excluding carboxylic acids is 2. The largest absolute Gasteiger partial charge is 0.347 e. The van der Waals surface area contributed by atoms with Crippen LogP contribution in [-0.4, -0.2) is 17.9 Å². The van der Waals surface area contributed by atoms with Crippen LogP contribution in [0.25, 0.3) is 0 Å². The Balaban J connectivity index is 1.52. The van der Waals surface area contributed by atoms with Crippen molar-refractivity contribution in [2.24, 2.45) is 0 Å². The number of benzene rings is 2. The molecule has 2 atom stereocenters. The number of aryl methyl sites for hydroxylation is 1. The van der Waals surface area contributed by atoms with E-state index in [-0.39, 0.29) is 17.9 Å². The van der Waals surface area contributed by atoms with Crippen molar-refractivity contribution in [3.8, 4) is 0 Å². The second kappa shape index (κ2) is 9.05. The van der Waals surface area contributed by atoms with Crippen molar-refractivity contribution in [2.45, 2.75) is 37.8 Å². The zero-order valence-corrected chi connectivity index (χ0v) is 17.0. The molecule has 1 aliphatic carbocycles. The first-order valence-corrected chi connectivity index (χ1v) is 10.8. The molecule has 5 heteroatoms. The molecule has 1 aliphatic rings. The van der Waals surface area contributed by atoms with Crippen LogP contribution in [-0.2, 0) is 17.6 Å². The molecule has 0 radical (unpaired) electrons. The molecule has 2 unspecified atom stereocenters. The van der Waals surface area contributed by atoms with Crippen LogP contribution in [0.15, 0.2) is 72.1 Å². The van der Waals surface area contributed by atoms with Crippen molar-refractivity contribution in [3.05, 3.63) is 93.7 Å². The van der Waals surface area contributed by atoms with E-state index in [1.807, 2.05) is 53.9 Å². The molecule has 148 valence electrons. The summed E-state index contributed by atoms with van der Waals surface area (Å²) in [5.41, 5.74) is 3.50. The molecule has 29 heavy (non-hydrogen) atoms. The van der Waals surface area contributed by atoms with Crippen molar-refractivity contribution in [2.75, 3.05) is 0 Å². The van der Waals surface area contributed by atoms with Gasteiger partial charge in [-0.25, -0.2) is 0 Å². The Labute approximate surface area is 175 Å². The van der Waals surface area contributed by atoms with Crippen LogP contribution < -0.4 is 10.6 Å². The van der Waals surface area contributed by atoms with Crippen molar-refractivity contribution in [1.29, 1.82) is 0 Å². The third kappa shape index (κ3) is 4.74. The normalized spacial score (nSPS) is 16.5. The fourth-order valence-corrected chi connectivity index (χ4v) is 4.50. The number of hydrogen-bond acceptors (Lipinski definition) is 3. The van der Waals surface area contributed by atoms with Crippen molar-refractivity contribution in [3.63, 3.8) is 0 Å². The maximum atomic E-state index is 13.2. The van der Waals surface area contributed by atoms with E-state index < -0.39 is 6.04 Å². The molecule has 4 nitrogen and oxygen atoms in total. The second-order valence-electron chi connectivity index (χ2n) is 7.35. The summed E-state index contributed by atoms with van der Waals surface area (Å²) in [6.45, 7) is 0. The third-order valence-corrected chi connectivity index (χ3v) is 6.20. The van der Waals surface area contributed by atoms with Gasteiger partial charge in [0.25, 0.3) is 5.91 Å². The average molecular weight is 405 g/mol. The van der Waals surface area contributed by atoms with Gasteiger partial charge in [0, 0.05) is 6.42 Å². The number of rotatable bonds is 6. The third-order valence-electron chi connectivity index (χ3n) is 5.34. The highest BCUT2D eigenvalue weighted by Gasteiger charge is 2.27. The van der Waals surface area contributed by atoms with E-state index in [9.17, 15) is 9.59 Å². The standard InChI is InChI=1S/C24H24N2O2S/c27-23(25-20-13-6-11-18-10-4-5-12-19(18)20)21(16-17-8-2-1-3-9-17)26-24(28)22-14-7-15-29-22/h1-5,7-10,12,14-15,20-21H,6,11,13,16H2,(H,25,27)(H,26,28). The summed E-state index contributed by atoms with van der Waals surface area (Å²) in [5.74, 6) is -0.347. The molecule has 2 N–H and O–H groups in total. The lowest BCUT2D eigenvalue weighted by Crippen LogP contribution is -2.49. The highest BCUT2D eigenvalue weighted by molar-refractivity contribution is 7.12. The van der Waals surface area contributed by atoms with E-state index in [1.165, 1.54) is 22.5 Å². The first kappa shape index (κ1) is 19.4. The molecule has 4 rings (SSSR count). The summed E-state index contributed by atoms with van der Waals surface area (Å²) in [7, 11) is 0. The predicted octanol–water partition coefficient (Wildman–Crippen LogP) is 4.28. The quantitative estimate of drug-likeness (QED) is 0.644. The molecule has 0 saturated carbocycles. The van der Waals surface area contributed by atoms with Crippen LogP contribution in [0.3, 0.4) is 0 Å². The van der Waals surface area contributed by atoms with Gasteiger partial charge in [0.05, 0.1) is 10.9 Å². The van der Waals surface area contributed by atoms with E-state index in [0.29, 0.717) is 11.3 Å². The molecule has 0 spiro atoms. The zero-order valence-electron chi connectivity index (χ0n) is 16.1. The van der Waals surface area contributed by atoms with Gasteiger partial charge in [0.15, 0.2) is 0 Å². The van der Waals surface area contributed by atoms with Gasteiger partial charge in [0.1, 0.15) is 6.04 Å². The topological polar surface area (TPSA) is 58.2 Å². The predicted molar refractivity (Wildman–Crippen MR) is 116 cm³/mol. The summed E-state index contributed by atoms with van der Waals surface area (Å²) >= 11 is 1.37. The average Bonchev–Trinajstić information content (AvgIpc) is 3.29. The monoisotopic (exact) mass is 404 g/mol. The van der Waals surface area contributed by atoms with Crippen LogP contribution in [0.1, 0.15) is 45.2 Å². The SMILES string of the molecule is O=C(NC(Cc1ccccc1)C(=O)NC1CCCc2ccccc21)c1cccs1. The second-order valence-corrected chi connectivity index (χ2v) is 8.29. The number of carbonyl (C=O) groups is 2. The number of fused-ring (bicyclic) bond motifs is 1. The van der Waals surface area contributed by atoms with Gasteiger partial charge in [-0.3, -0.25) is 9.59 Å². The lowest BCUT2D eigenvalue weighted by Gasteiger charge is -2.28. The maximum Gasteiger partial charge on any atom is 0.262 e. The van der Waals surface area contributed by atoms with Crippen molar-refractivity contribution < 1.29 is 9.59 Å². The minimum absolute atomic E-state index is 0.00985. The number of amides is 2. The van der Waals surface area contributed by atoms with E-state index in [1.54, 1.807) is 6.07 Å². The van der Waals surface area contributed by atoms with Gasteiger partial charge in [-0.1, -0.05) is 60.7 Å². The van der Waals surface area contributed by atoms with E-state index in [2.05, 4.69) is 22.8 Å². The fraction of sp³-hybridized carbons (Fsp3) is 0.250. The number of nitrogens with one attached hydrogen (secondary N) is 2. The Morgan fingerprint density at radius 1 is 1.00 bits per heavy atom. The molecular formula is C24H24N2O2S. The van der Waals surface area contributed by atoms with Crippen LogP contribution in [0.4, 0.5) is 0 Å². The Kier molecular flexibility index (Phi) is 6.06. The van der Waals surface area contributed by atoms with Crippen LogP contribution in [0, 0.1) is 0 Å². The lowest BCUT2D eigenvalue weighted by atomic mass is 9.87. The number of hydrogen-bond donors (Lipinski definition) is 2. The summed E-state index contributed by atoms with van der Waals surface area (Å²) < 4.78 is 0. The Bertz CT molecular complexity index is 970. The summed E-state index contributed by atoms with van der Waals surface area (Å²) in [4.78, 5) is 26.4. The van der Waals surface area contributed by atoms with Gasteiger partial charge in [-0.2, -0.15) is 0 Å². The fourth-order valence-electron chi connectivity index (χ4n) is 3.87. The molecular weight excluding hydrogens is 380 g/mol. The van der Waals surface area contributed by atoms with E-state index >= 15 is 0 Å². The van der Waals surface area contributed by atoms with Crippen molar-refractivity contribution >= 4 is 23.2 Å². The minimum Gasteiger partial charge on any atom is -0.347 e. The molecule has 0 fully saturated rings. The minimum atomic E-state index is -0.624. The zero-order chi connectivity index (χ0) is 20.1. The first-order chi connectivity index (χ1) is 14.2. The van der Waals surface area contributed by atoms with E-state index in [0.717, 1.165) is 24.8 Å². The molecule has 3 aromatic rings. The van der Waals surface area contributed by atoms with Gasteiger partial charge in [-0.05, 0) is 47.4 Å². The highest BCUT2D eigenvalue weighted by atomic mass is 32.1. The van der Waals surface area contributed by atoms with Crippen LogP contribution >= 0.6 is 11.3 Å². The summed E-state index contributed by atoms with van der Waals surface area (Å²) in [5, 5.41) is 8.00. The lowest BCUT2D eigenvalue weighted by molar-refractivity contribution is -0.123. The van der Waals surface area contributed by atoms with Gasteiger partial charge < -0.3 is 10.6 Å². The Hall–Kier alpha value is -2.92. The van der Waals surface area contributed by atoms with Gasteiger partial charge >= 0.3 is 0 Å². The molecule has 1 aromatic heterocycles. The summed E-state index contributed by atoms with van der Waals surface area (Å²) in [6.07, 6.45) is 3.47. The molecule has 2 aromatic carbocycles. The molecule has 0 bridgehead atoms. The smallest absolute Gasteiger partial charge is 0.262 e. The summed E-state index contributed by atoms with van der Waals surface area (Å²) in [6, 6.07) is 21.1. The molecule has 0 saturated heterocycles. The van der Waals surface area contributed by atoms with Crippen molar-refractivity contribution in [1.82, 2.24) is 10.6 Å². The van der Waals surface area contributed by atoms with Gasteiger partial charge in [0.2, 0.25) is 5.91 Å².